The van der Waals surface area contributed by atoms with Crippen molar-refractivity contribution < 1.29 is 23.5 Å². The molecule has 0 saturated carbocycles. The lowest BCUT2D eigenvalue weighted by atomic mass is 9.96. The van der Waals surface area contributed by atoms with E-state index in [1.54, 1.807) is 24.3 Å². The molecule has 0 saturated heterocycles. The van der Waals surface area contributed by atoms with Crippen molar-refractivity contribution in [2.24, 2.45) is 0 Å². The van der Waals surface area contributed by atoms with Gasteiger partial charge in [0.1, 0.15) is 17.3 Å². The van der Waals surface area contributed by atoms with E-state index in [1.807, 2.05) is 6.07 Å². The maximum Gasteiger partial charge on any atom is 0.307 e. The van der Waals surface area contributed by atoms with E-state index in [4.69, 9.17) is 0 Å². The summed E-state index contributed by atoms with van der Waals surface area (Å²) >= 11 is 0. The fourth-order valence-corrected chi connectivity index (χ4v) is 3.68. The number of carboxylic acid groups (broad SMARTS) is 1. The number of benzene rings is 3. The number of aliphatic carboxylic acids is 1. The van der Waals surface area contributed by atoms with Crippen molar-refractivity contribution in [2.75, 3.05) is 10.2 Å². The summed E-state index contributed by atoms with van der Waals surface area (Å²) < 4.78 is 26.8. The van der Waals surface area contributed by atoms with Gasteiger partial charge in [-0.05, 0) is 59.7 Å². The molecule has 1 aliphatic heterocycles. The average Bonchev–Trinajstić information content (AvgIpc) is 3.02. The van der Waals surface area contributed by atoms with Crippen molar-refractivity contribution in [2.45, 2.75) is 12.5 Å². The number of rotatable bonds is 6. The number of carbonyl (C=O) groups is 2. The lowest BCUT2D eigenvalue weighted by Gasteiger charge is -2.27. The van der Waals surface area contributed by atoms with E-state index in [0.717, 1.165) is 0 Å². The van der Waals surface area contributed by atoms with E-state index in [1.165, 1.54) is 53.4 Å². The molecule has 5 nitrogen and oxygen atoms in total. The highest BCUT2D eigenvalue weighted by Crippen LogP contribution is 2.42. The van der Waals surface area contributed by atoms with Crippen molar-refractivity contribution in [3.8, 4) is 0 Å². The number of nitrogens with one attached hydrogen (secondary N) is 1. The number of hydrogen-bond donors (Lipinski definition) is 2. The molecule has 0 aromatic heterocycles. The summed E-state index contributed by atoms with van der Waals surface area (Å²) in [5.41, 5.74) is 2.05. The van der Waals surface area contributed by atoms with Crippen LogP contribution in [0.3, 0.4) is 0 Å². The molecule has 0 bridgehead atoms. The fourth-order valence-electron chi connectivity index (χ4n) is 3.68. The standard InChI is InChI=1S/C24H18F2N2O3/c25-16-6-10-18(11-7-16)27-22-20(14-21(29)30)23(15-4-2-1-3-5-15)28(24(22)31)19-12-8-17(26)9-13-19/h1-13,23,27H,14H2,(H,29,30)/t23-/m0/s1. The van der Waals surface area contributed by atoms with Crippen LogP contribution >= 0.6 is 0 Å². The number of nitrogens with zero attached hydrogens (tertiary/aromatic N) is 1. The van der Waals surface area contributed by atoms with Gasteiger partial charge >= 0.3 is 5.97 Å². The number of anilines is 2. The Kier molecular flexibility index (Phi) is 5.49. The zero-order chi connectivity index (χ0) is 22.0. The first-order valence-electron chi connectivity index (χ1n) is 9.55. The molecule has 0 spiro atoms. The molecule has 0 fully saturated rings. The van der Waals surface area contributed by atoms with Crippen LogP contribution in [0, 0.1) is 11.6 Å². The van der Waals surface area contributed by atoms with Gasteiger partial charge in [0.25, 0.3) is 5.91 Å². The number of carboxylic acids is 1. The molecular weight excluding hydrogens is 402 g/mol. The quantitative estimate of drug-likeness (QED) is 0.596. The molecular formula is C24H18F2N2O3. The Morgan fingerprint density at radius 2 is 1.48 bits per heavy atom. The predicted octanol–water partition coefficient (Wildman–Crippen LogP) is 4.89. The van der Waals surface area contributed by atoms with Crippen molar-refractivity contribution >= 4 is 23.3 Å². The van der Waals surface area contributed by atoms with Gasteiger partial charge in [0.05, 0.1) is 12.5 Å². The predicted molar refractivity (Wildman–Crippen MR) is 112 cm³/mol. The monoisotopic (exact) mass is 420 g/mol. The molecule has 7 heteroatoms. The Morgan fingerprint density at radius 3 is 2.06 bits per heavy atom. The number of amides is 1. The van der Waals surface area contributed by atoms with Crippen LogP contribution in [0.25, 0.3) is 0 Å². The van der Waals surface area contributed by atoms with Gasteiger partial charge in [-0.25, -0.2) is 8.78 Å². The second kappa shape index (κ2) is 8.39. The SMILES string of the molecule is O=C(O)CC1=C(Nc2ccc(F)cc2)C(=O)N(c2ccc(F)cc2)[C@H]1c1ccccc1. The van der Waals surface area contributed by atoms with Crippen LogP contribution < -0.4 is 10.2 Å². The van der Waals surface area contributed by atoms with Crippen LogP contribution in [0.5, 0.6) is 0 Å². The minimum absolute atomic E-state index is 0.104. The number of halogens is 2. The van der Waals surface area contributed by atoms with Crippen LogP contribution in [0.2, 0.25) is 0 Å². The summed E-state index contributed by atoms with van der Waals surface area (Å²) in [6.07, 6.45) is -0.382. The second-order valence-electron chi connectivity index (χ2n) is 7.07. The summed E-state index contributed by atoms with van der Waals surface area (Å²) in [7, 11) is 0. The maximum atomic E-state index is 13.5. The lowest BCUT2D eigenvalue weighted by molar-refractivity contribution is -0.136. The minimum Gasteiger partial charge on any atom is -0.481 e. The van der Waals surface area contributed by atoms with Crippen LogP contribution in [0.15, 0.2) is 90.1 Å². The highest BCUT2D eigenvalue weighted by Gasteiger charge is 2.41. The summed E-state index contributed by atoms with van der Waals surface area (Å²) in [5, 5.41) is 12.5. The van der Waals surface area contributed by atoms with Gasteiger partial charge in [-0.15, -0.1) is 0 Å². The normalized spacial score (nSPS) is 16.0. The van der Waals surface area contributed by atoms with Gasteiger partial charge in [-0.3, -0.25) is 14.5 Å². The molecule has 3 aromatic carbocycles. The molecule has 0 aliphatic carbocycles. The van der Waals surface area contributed by atoms with Crippen molar-refractivity contribution in [3.05, 3.63) is 107 Å². The zero-order valence-corrected chi connectivity index (χ0v) is 16.3. The molecule has 31 heavy (non-hydrogen) atoms. The van der Waals surface area contributed by atoms with Gasteiger partial charge in [0.2, 0.25) is 0 Å². The summed E-state index contributed by atoms with van der Waals surface area (Å²) in [4.78, 5) is 26.6. The first-order chi connectivity index (χ1) is 14.9. The third-order valence-electron chi connectivity index (χ3n) is 5.02. The number of carbonyl (C=O) groups excluding carboxylic acids is 1. The van der Waals surface area contributed by atoms with Gasteiger partial charge in [0, 0.05) is 11.4 Å². The van der Waals surface area contributed by atoms with Gasteiger partial charge in [-0.1, -0.05) is 30.3 Å². The molecule has 1 amide bonds. The molecule has 1 atom stereocenters. The molecule has 4 rings (SSSR count). The lowest BCUT2D eigenvalue weighted by Crippen LogP contribution is -2.31. The third-order valence-corrected chi connectivity index (χ3v) is 5.02. The fraction of sp³-hybridized carbons (Fsp3) is 0.0833. The Morgan fingerprint density at radius 1 is 0.903 bits per heavy atom. The molecule has 1 heterocycles. The number of hydrogen-bond acceptors (Lipinski definition) is 3. The van der Waals surface area contributed by atoms with Gasteiger partial charge < -0.3 is 10.4 Å². The van der Waals surface area contributed by atoms with Crippen LogP contribution in [-0.2, 0) is 9.59 Å². The smallest absolute Gasteiger partial charge is 0.307 e. The highest BCUT2D eigenvalue weighted by atomic mass is 19.1. The Balaban J connectivity index is 1.85. The van der Waals surface area contributed by atoms with E-state index in [2.05, 4.69) is 5.32 Å². The topological polar surface area (TPSA) is 69.6 Å². The Labute approximate surface area is 177 Å². The van der Waals surface area contributed by atoms with E-state index < -0.39 is 29.6 Å². The Hall–Kier alpha value is -4.00. The van der Waals surface area contributed by atoms with E-state index >= 15 is 0 Å². The first-order valence-corrected chi connectivity index (χ1v) is 9.55. The van der Waals surface area contributed by atoms with E-state index in [9.17, 15) is 23.5 Å². The van der Waals surface area contributed by atoms with Crippen LogP contribution in [0.4, 0.5) is 20.2 Å². The van der Waals surface area contributed by atoms with Gasteiger partial charge in [0.15, 0.2) is 0 Å². The van der Waals surface area contributed by atoms with Crippen molar-refractivity contribution in [1.29, 1.82) is 0 Å². The van der Waals surface area contributed by atoms with Gasteiger partial charge in [-0.2, -0.15) is 0 Å². The zero-order valence-electron chi connectivity index (χ0n) is 16.3. The summed E-state index contributed by atoms with van der Waals surface area (Å²) in [6, 6.07) is 19.2. The second-order valence-corrected chi connectivity index (χ2v) is 7.07. The molecule has 2 N–H and O–H groups in total. The van der Waals surface area contributed by atoms with Crippen molar-refractivity contribution in [1.82, 2.24) is 0 Å². The maximum absolute atomic E-state index is 13.5. The minimum atomic E-state index is -1.09. The molecule has 156 valence electrons. The molecule has 0 radical (unpaired) electrons. The first kappa shape index (κ1) is 20.3. The summed E-state index contributed by atoms with van der Waals surface area (Å²) in [5.74, 6) is -2.43. The highest BCUT2D eigenvalue weighted by molar-refractivity contribution is 6.12. The van der Waals surface area contributed by atoms with Crippen molar-refractivity contribution in [3.63, 3.8) is 0 Å². The van der Waals surface area contributed by atoms with E-state index in [0.29, 0.717) is 22.5 Å². The van der Waals surface area contributed by atoms with Crippen LogP contribution in [-0.4, -0.2) is 17.0 Å². The molecule has 0 unspecified atom stereocenters. The third kappa shape index (κ3) is 4.16. The molecule has 3 aromatic rings. The largest absolute Gasteiger partial charge is 0.481 e. The Bertz CT molecular complexity index is 1140. The van der Waals surface area contributed by atoms with E-state index in [-0.39, 0.29) is 12.1 Å². The van der Waals surface area contributed by atoms with Crippen LogP contribution in [0.1, 0.15) is 18.0 Å². The average molecular weight is 420 g/mol. The summed E-state index contributed by atoms with van der Waals surface area (Å²) in [6.45, 7) is 0. The molecule has 1 aliphatic rings.